The third-order valence-electron chi connectivity index (χ3n) is 2.54. The molecule has 1 aliphatic rings. The minimum atomic E-state index is -1.01. The van der Waals surface area contributed by atoms with Gasteiger partial charge in [0.15, 0.2) is 5.89 Å². The second kappa shape index (κ2) is 3.61. The molecule has 0 bridgehead atoms. The molecule has 4 nitrogen and oxygen atoms in total. The fraction of sp³-hybridized carbons (Fsp3) is 0.667. The van der Waals surface area contributed by atoms with Crippen LogP contribution in [0.5, 0.6) is 0 Å². The smallest absolute Gasteiger partial charge is 0.373 e. The lowest BCUT2D eigenvalue weighted by Crippen LogP contribution is -2.09. The number of nitrogens with zero attached hydrogens (tertiary/aromatic N) is 1. The van der Waals surface area contributed by atoms with Crippen molar-refractivity contribution in [3.63, 3.8) is 0 Å². The molecule has 4 heteroatoms. The molecule has 0 spiro atoms. The topological polar surface area (TPSA) is 63.3 Å². The first-order chi connectivity index (χ1) is 7.37. The Morgan fingerprint density at radius 3 is 2.56 bits per heavy atom. The summed E-state index contributed by atoms with van der Waals surface area (Å²) in [6, 6.07) is 0. The van der Waals surface area contributed by atoms with Crippen LogP contribution < -0.4 is 0 Å². The average molecular weight is 223 g/mol. The summed E-state index contributed by atoms with van der Waals surface area (Å²) in [5, 5.41) is 9.02. The fourth-order valence-electron chi connectivity index (χ4n) is 1.69. The number of carbonyl (C=O) groups is 1. The Kier molecular flexibility index (Phi) is 2.52. The van der Waals surface area contributed by atoms with Crippen molar-refractivity contribution in [3.8, 4) is 0 Å². The van der Waals surface area contributed by atoms with Gasteiger partial charge in [0.25, 0.3) is 0 Å². The highest BCUT2D eigenvalue weighted by atomic mass is 16.4. The van der Waals surface area contributed by atoms with Gasteiger partial charge in [0.05, 0.1) is 5.69 Å². The van der Waals surface area contributed by atoms with Gasteiger partial charge in [-0.15, -0.1) is 0 Å². The zero-order valence-electron chi connectivity index (χ0n) is 9.91. The first-order valence-electron chi connectivity index (χ1n) is 5.60. The van der Waals surface area contributed by atoms with Gasteiger partial charge in [0, 0.05) is 12.3 Å². The minimum Gasteiger partial charge on any atom is -0.475 e. The molecule has 0 aromatic carbocycles. The Bertz CT molecular complexity index is 410. The fourth-order valence-corrected chi connectivity index (χ4v) is 1.69. The Hall–Kier alpha value is -1.32. The van der Waals surface area contributed by atoms with E-state index in [2.05, 4.69) is 25.8 Å². The van der Waals surface area contributed by atoms with Crippen LogP contribution in [-0.4, -0.2) is 16.1 Å². The highest BCUT2D eigenvalue weighted by molar-refractivity contribution is 5.85. The molecule has 2 rings (SSSR count). The highest BCUT2D eigenvalue weighted by Crippen LogP contribution is 2.41. The van der Waals surface area contributed by atoms with Crippen LogP contribution in [0, 0.1) is 5.41 Å². The van der Waals surface area contributed by atoms with E-state index >= 15 is 0 Å². The third-order valence-corrected chi connectivity index (χ3v) is 2.54. The molecular weight excluding hydrogens is 206 g/mol. The molecule has 1 saturated carbocycles. The van der Waals surface area contributed by atoms with E-state index in [1.165, 1.54) is 0 Å². The number of hydrogen-bond donors (Lipinski definition) is 1. The number of carboxylic acids is 1. The van der Waals surface area contributed by atoms with Gasteiger partial charge in [-0.1, -0.05) is 20.8 Å². The number of aromatic nitrogens is 1. The van der Waals surface area contributed by atoms with Crippen molar-refractivity contribution in [1.29, 1.82) is 0 Å². The lowest BCUT2D eigenvalue weighted by atomic mass is 9.92. The zero-order chi connectivity index (χ0) is 11.9. The van der Waals surface area contributed by atoms with Crippen molar-refractivity contribution >= 4 is 5.97 Å². The molecule has 88 valence electrons. The van der Waals surface area contributed by atoms with E-state index in [1.54, 1.807) is 0 Å². The number of carboxylic acid groups (broad SMARTS) is 1. The Morgan fingerprint density at radius 2 is 2.12 bits per heavy atom. The van der Waals surface area contributed by atoms with E-state index in [0.29, 0.717) is 23.9 Å². The number of hydrogen-bond acceptors (Lipinski definition) is 3. The summed E-state index contributed by atoms with van der Waals surface area (Å²) in [4.78, 5) is 15.3. The van der Waals surface area contributed by atoms with Crippen LogP contribution in [0.1, 0.15) is 61.7 Å². The molecule has 0 unspecified atom stereocenters. The highest BCUT2D eigenvalue weighted by Gasteiger charge is 2.33. The van der Waals surface area contributed by atoms with Crippen LogP contribution in [0.3, 0.4) is 0 Å². The maximum atomic E-state index is 11.0. The molecule has 1 N–H and O–H groups in total. The van der Waals surface area contributed by atoms with Crippen molar-refractivity contribution < 1.29 is 14.3 Å². The molecule has 1 aliphatic carbocycles. The summed E-state index contributed by atoms with van der Waals surface area (Å²) in [6.07, 6.45) is 2.73. The van der Waals surface area contributed by atoms with Crippen LogP contribution in [0.25, 0.3) is 0 Å². The predicted octanol–water partition coefficient (Wildman–Crippen LogP) is 2.84. The molecule has 0 amide bonds. The molecule has 0 aliphatic heterocycles. The van der Waals surface area contributed by atoms with Gasteiger partial charge in [0.1, 0.15) is 0 Å². The zero-order valence-corrected chi connectivity index (χ0v) is 9.91. The van der Waals surface area contributed by atoms with Crippen LogP contribution in [0.2, 0.25) is 0 Å². The Balaban J connectivity index is 2.27. The van der Waals surface area contributed by atoms with Crippen LogP contribution in [-0.2, 0) is 6.42 Å². The second-order valence-corrected chi connectivity index (χ2v) is 5.64. The summed E-state index contributed by atoms with van der Waals surface area (Å²) in [7, 11) is 0. The van der Waals surface area contributed by atoms with E-state index in [-0.39, 0.29) is 11.2 Å². The van der Waals surface area contributed by atoms with Crippen LogP contribution in [0.15, 0.2) is 4.42 Å². The van der Waals surface area contributed by atoms with Crippen molar-refractivity contribution in [3.05, 3.63) is 17.3 Å². The van der Waals surface area contributed by atoms with Crippen molar-refractivity contribution in [2.45, 2.75) is 46.0 Å². The SMILES string of the molecule is CC(C)(C)Cc1nc(C2CC2)c(C(=O)O)o1. The van der Waals surface area contributed by atoms with E-state index in [9.17, 15) is 4.79 Å². The molecule has 0 atom stereocenters. The van der Waals surface area contributed by atoms with Gasteiger partial charge in [-0.25, -0.2) is 9.78 Å². The first kappa shape index (κ1) is 11.2. The Morgan fingerprint density at radius 1 is 1.50 bits per heavy atom. The lowest BCUT2D eigenvalue weighted by molar-refractivity contribution is 0.0657. The van der Waals surface area contributed by atoms with Gasteiger partial charge < -0.3 is 9.52 Å². The van der Waals surface area contributed by atoms with Crippen molar-refractivity contribution in [2.75, 3.05) is 0 Å². The van der Waals surface area contributed by atoms with Crippen molar-refractivity contribution in [1.82, 2.24) is 4.98 Å². The molecule has 1 fully saturated rings. The first-order valence-corrected chi connectivity index (χ1v) is 5.60. The maximum absolute atomic E-state index is 11.0. The standard InChI is InChI=1S/C12H17NO3/c1-12(2,3)6-8-13-9(7-4-5-7)10(16-8)11(14)15/h7H,4-6H2,1-3H3,(H,14,15). The maximum Gasteiger partial charge on any atom is 0.373 e. The quantitative estimate of drug-likeness (QED) is 0.855. The molecule has 1 heterocycles. The molecule has 16 heavy (non-hydrogen) atoms. The van der Waals surface area contributed by atoms with E-state index in [0.717, 1.165) is 12.8 Å². The van der Waals surface area contributed by atoms with Gasteiger partial charge in [0.2, 0.25) is 5.76 Å². The normalized spacial score (nSPS) is 16.4. The van der Waals surface area contributed by atoms with Gasteiger partial charge in [-0.05, 0) is 18.3 Å². The van der Waals surface area contributed by atoms with Crippen molar-refractivity contribution in [2.24, 2.45) is 5.41 Å². The van der Waals surface area contributed by atoms with Gasteiger partial charge in [-0.3, -0.25) is 0 Å². The Labute approximate surface area is 94.7 Å². The van der Waals surface area contributed by atoms with Gasteiger partial charge >= 0.3 is 5.97 Å². The van der Waals surface area contributed by atoms with Crippen LogP contribution >= 0.6 is 0 Å². The van der Waals surface area contributed by atoms with Gasteiger partial charge in [-0.2, -0.15) is 0 Å². The third kappa shape index (κ3) is 2.43. The minimum absolute atomic E-state index is 0.0433. The van der Waals surface area contributed by atoms with E-state index in [4.69, 9.17) is 9.52 Å². The summed E-state index contributed by atoms with van der Waals surface area (Å²) < 4.78 is 5.34. The summed E-state index contributed by atoms with van der Waals surface area (Å²) in [6.45, 7) is 6.23. The molecule has 1 aromatic rings. The molecule has 1 aromatic heterocycles. The van der Waals surface area contributed by atoms with E-state index in [1.807, 2.05) is 0 Å². The largest absolute Gasteiger partial charge is 0.475 e. The molecular formula is C12H17NO3. The predicted molar refractivity (Wildman–Crippen MR) is 58.6 cm³/mol. The number of rotatable bonds is 3. The molecule has 0 radical (unpaired) electrons. The monoisotopic (exact) mass is 223 g/mol. The number of aromatic carboxylic acids is 1. The number of oxazole rings is 1. The lowest BCUT2D eigenvalue weighted by Gasteiger charge is -2.14. The summed E-state index contributed by atoms with van der Waals surface area (Å²) >= 11 is 0. The summed E-state index contributed by atoms with van der Waals surface area (Å²) in [5.74, 6) is -0.105. The van der Waals surface area contributed by atoms with E-state index < -0.39 is 5.97 Å². The molecule has 0 saturated heterocycles. The summed E-state index contributed by atoms with van der Waals surface area (Å²) in [5.41, 5.74) is 0.702. The second-order valence-electron chi connectivity index (χ2n) is 5.64. The van der Waals surface area contributed by atoms with Crippen LogP contribution in [0.4, 0.5) is 0 Å². The average Bonchev–Trinajstić information content (AvgIpc) is 2.86.